The minimum atomic E-state index is -0.456. The van der Waals surface area contributed by atoms with E-state index in [4.69, 9.17) is 4.74 Å². The van der Waals surface area contributed by atoms with E-state index in [2.05, 4.69) is 13.8 Å². The van der Waals surface area contributed by atoms with Crippen LogP contribution in [-0.4, -0.2) is 16.2 Å². The summed E-state index contributed by atoms with van der Waals surface area (Å²) >= 11 is 0. The summed E-state index contributed by atoms with van der Waals surface area (Å²) in [4.78, 5) is 12.6. The van der Waals surface area contributed by atoms with Crippen molar-refractivity contribution in [2.24, 2.45) is 0 Å². The molecule has 0 aliphatic carbocycles. The number of aryl methyl sites for hydroxylation is 1. The minimum absolute atomic E-state index is 0.222. The number of carbonyl (C=O) groups excluding carboxylic acids is 1. The van der Waals surface area contributed by atoms with Gasteiger partial charge in [-0.25, -0.2) is 4.79 Å². The van der Waals surface area contributed by atoms with Crippen LogP contribution in [0.15, 0.2) is 128 Å². The highest BCUT2D eigenvalue weighted by Gasteiger charge is 2.14. The lowest BCUT2D eigenvalue weighted by molar-refractivity contribution is -0.129. The standard InChI is InChI=1S/C44H56O4/c1-3-5-6-7-8-9-17-20-23-26-30-41-42(46)36-39(28-4-2)37-43(41)48-44(47)31-27-24-21-18-15-13-11-10-12-14-16-19-22-25-29-38-32-34-40(45)35-33-38/h10-16,18-19,21-22,24-25,27,29,31-37,45-46H,3-9,17,20,23,26,28,30H2,1-2H3/b12-10+,13-11+,16-14+,18-15+,22-19+,24-21+,29-25+,31-27+. The average molecular weight is 649 g/mol. The van der Waals surface area contributed by atoms with Gasteiger partial charge in [-0.3, -0.25) is 0 Å². The number of hydrogen-bond donors (Lipinski definition) is 2. The monoisotopic (exact) mass is 648 g/mol. The molecule has 0 aliphatic heterocycles. The molecule has 256 valence electrons. The fourth-order valence-electron chi connectivity index (χ4n) is 5.05. The van der Waals surface area contributed by atoms with Crippen molar-refractivity contribution >= 4 is 12.0 Å². The van der Waals surface area contributed by atoms with Crippen molar-refractivity contribution in [2.45, 2.75) is 97.3 Å². The summed E-state index contributed by atoms with van der Waals surface area (Å²) in [5, 5.41) is 20.1. The summed E-state index contributed by atoms with van der Waals surface area (Å²) in [5.41, 5.74) is 2.73. The van der Waals surface area contributed by atoms with Crippen LogP contribution in [0, 0.1) is 0 Å². The lowest BCUT2D eigenvalue weighted by Crippen LogP contribution is -2.07. The van der Waals surface area contributed by atoms with Gasteiger partial charge < -0.3 is 14.9 Å². The Kier molecular flexibility index (Phi) is 21.9. The zero-order valence-corrected chi connectivity index (χ0v) is 29.1. The van der Waals surface area contributed by atoms with Gasteiger partial charge in [0.1, 0.15) is 17.2 Å². The van der Waals surface area contributed by atoms with E-state index >= 15 is 0 Å². The highest BCUT2D eigenvalue weighted by atomic mass is 16.5. The van der Waals surface area contributed by atoms with Crippen molar-refractivity contribution < 1.29 is 19.7 Å². The Morgan fingerprint density at radius 3 is 1.62 bits per heavy atom. The van der Waals surface area contributed by atoms with E-state index in [0.717, 1.165) is 42.4 Å². The van der Waals surface area contributed by atoms with E-state index in [-0.39, 0.29) is 11.5 Å². The molecule has 0 fully saturated rings. The molecular formula is C44H56O4. The molecule has 2 aromatic carbocycles. The number of carbonyl (C=O) groups is 1. The number of esters is 1. The van der Waals surface area contributed by atoms with Crippen LogP contribution in [0.25, 0.3) is 6.08 Å². The molecule has 0 saturated carbocycles. The number of phenols is 2. The van der Waals surface area contributed by atoms with Crippen LogP contribution < -0.4 is 4.74 Å². The zero-order valence-electron chi connectivity index (χ0n) is 29.1. The second-order valence-electron chi connectivity index (χ2n) is 11.8. The van der Waals surface area contributed by atoms with E-state index in [1.807, 2.05) is 103 Å². The summed E-state index contributed by atoms with van der Waals surface area (Å²) in [6.45, 7) is 4.34. The van der Waals surface area contributed by atoms with Crippen molar-refractivity contribution in [3.63, 3.8) is 0 Å². The molecule has 2 N–H and O–H groups in total. The first-order chi connectivity index (χ1) is 23.5. The van der Waals surface area contributed by atoms with Gasteiger partial charge in [-0.15, -0.1) is 0 Å². The largest absolute Gasteiger partial charge is 0.508 e. The number of allylic oxidation sites excluding steroid dienone is 14. The van der Waals surface area contributed by atoms with Gasteiger partial charge in [-0.1, -0.05) is 181 Å². The molecule has 0 radical (unpaired) electrons. The molecule has 0 saturated heterocycles. The average Bonchev–Trinajstić information content (AvgIpc) is 3.07. The second kappa shape index (κ2) is 26.5. The molecule has 0 heterocycles. The fourth-order valence-corrected chi connectivity index (χ4v) is 5.05. The summed E-state index contributed by atoms with van der Waals surface area (Å²) in [7, 11) is 0. The third-order valence-corrected chi connectivity index (χ3v) is 7.63. The van der Waals surface area contributed by atoms with E-state index < -0.39 is 5.97 Å². The molecule has 0 aromatic heterocycles. The van der Waals surface area contributed by atoms with Gasteiger partial charge in [0.05, 0.1) is 0 Å². The molecule has 0 amide bonds. The maximum absolute atomic E-state index is 12.6. The van der Waals surface area contributed by atoms with E-state index in [9.17, 15) is 15.0 Å². The van der Waals surface area contributed by atoms with Gasteiger partial charge in [0.2, 0.25) is 0 Å². The number of aromatic hydroxyl groups is 2. The van der Waals surface area contributed by atoms with Crippen molar-refractivity contribution in [3.8, 4) is 17.2 Å². The van der Waals surface area contributed by atoms with Crippen LogP contribution in [0.2, 0.25) is 0 Å². The van der Waals surface area contributed by atoms with Gasteiger partial charge in [0.15, 0.2) is 0 Å². The lowest BCUT2D eigenvalue weighted by Gasteiger charge is -2.13. The van der Waals surface area contributed by atoms with E-state index in [1.165, 1.54) is 57.4 Å². The van der Waals surface area contributed by atoms with Gasteiger partial charge in [0.25, 0.3) is 0 Å². The first-order valence-electron chi connectivity index (χ1n) is 17.7. The first-order valence-corrected chi connectivity index (χ1v) is 17.7. The van der Waals surface area contributed by atoms with Gasteiger partial charge >= 0.3 is 5.97 Å². The maximum atomic E-state index is 12.6. The summed E-state index contributed by atoms with van der Waals surface area (Å²) in [6, 6.07) is 10.8. The Bertz CT molecular complexity index is 1410. The number of benzene rings is 2. The van der Waals surface area contributed by atoms with Gasteiger partial charge in [-0.2, -0.15) is 0 Å². The van der Waals surface area contributed by atoms with Gasteiger partial charge in [-0.05, 0) is 54.7 Å². The minimum Gasteiger partial charge on any atom is -0.508 e. The van der Waals surface area contributed by atoms with Crippen molar-refractivity contribution in [3.05, 3.63) is 144 Å². The summed E-state index contributed by atoms with van der Waals surface area (Å²) < 4.78 is 5.72. The Labute approximate surface area is 290 Å². The molecule has 48 heavy (non-hydrogen) atoms. The van der Waals surface area contributed by atoms with E-state index in [0.29, 0.717) is 12.2 Å². The molecule has 0 unspecified atom stereocenters. The molecule has 0 atom stereocenters. The number of ether oxygens (including phenoxy) is 1. The maximum Gasteiger partial charge on any atom is 0.336 e. The molecule has 0 spiro atoms. The Morgan fingerprint density at radius 1 is 0.583 bits per heavy atom. The quantitative estimate of drug-likeness (QED) is 0.0414. The highest BCUT2D eigenvalue weighted by molar-refractivity contribution is 5.84. The number of hydrogen-bond acceptors (Lipinski definition) is 4. The van der Waals surface area contributed by atoms with Crippen molar-refractivity contribution in [1.29, 1.82) is 0 Å². The number of phenolic OH excluding ortho intramolecular Hbond substituents is 2. The first kappa shape index (κ1) is 39.6. The molecule has 4 heteroatoms. The summed E-state index contributed by atoms with van der Waals surface area (Å²) in [6.07, 6.45) is 44.9. The lowest BCUT2D eigenvalue weighted by atomic mass is 9.99. The SMILES string of the molecule is CCCCCCCCCCCCc1c(O)cc(CCC)cc1OC(=O)/C=C/C=C/C=C/C=C/C=C/C=C/C=C/C=C/c1ccc(O)cc1. The number of rotatable bonds is 23. The molecule has 0 bridgehead atoms. The third-order valence-electron chi connectivity index (χ3n) is 7.63. The predicted molar refractivity (Wildman–Crippen MR) is 204 cm³/mol. The smallest absolute Gasteiger partial charge is 0.336 e. The Hall–Kier alpha value is -4.57. The Balaban J connectivity index is 1.74. The fraction of sp³-hybridized carbons (Fsp3) is 0.341. The second-order valence-corrected chi connectivity index (χ2v) is 11.8. The van der Waals surface area contributed by atoms with Crippen LogP contribution in [0.1, 0.15) is 101 Å². The number of unbranched alkanes of at least 4 members (excludes halogenated alkanes) is 9. The van der Waals surface area contributed by atoms with Crippen LogP contribution in [0.3, 0.4) is 0 Å². The van der Waals surface area contributed by atoms with Crippen LogP contribution in [0.5, 0.6) is 17.2 Å². The van der Waals surface area contributed by atoms with Gasteiger partial charge in [0, 0.05) is 11.6 Å². The van der Waals surface area contributed by atoms with Crippen LogP contribution in [-0.2, 0) is 17.6 Å². The normalized spacial score (nSPS) is 12.6. The highest BCUT2D eigenvalue weighted by Crippen LogP contribution is 2.32. The van der Waals surface area contributed by atoms with Crippen LogP contribution in [0.4, 0.5) is 0 Å². The predicted octanol–water partition coefficient (Wildman–Crippen LogP) is 12.0. The topological polar surface area (TPSA) is 66.8 Å². The molecule has 4 nitrogen and oxygen atoms in total. The zero-order chi connectivity index (χ0) is 34.5. The Morgan fingerprint density at radius 2 is 1.08 bits per heavy atom. The molecule has 2 aromatic rings. The van der Waals surface area contributed by atoms with E-state index in [1.54, 1.807) is 24.3 Å². The van der Waals surface area contributed by atoms with Crippen molar-refractivity contribution in [2.75, 3.05) is 0 Å². The molecule has 2 rings (SSSR count). The molecular weight excluding hydrogens is 592 g/mol. The van der Waals surface area contributed by atoms with Crippen molar-refractivity contribution in [1.82, 2.24) is 0 Å². The molecule has 0 aliphatic rings. The van der Waals surface area contributed by atoms with Crippen LogP contribution >= 0.6 is 0 Å². The summed E-state index contributed by atoms with van der Waals surface area (Å²) in [5.74, 6) is 0.502. The third kappa shape index (κ3) is 19.2.